The fourth-order valence-electron chi connectivity index (χ4n) is 3.72. The quantitative estimate of drug-likeness (QED) is 0.213. The lowest BCUT2D eigenvalue weighted by molar-refractivity contribution is 0.628. The van der Waals surface area contributed by atoms with Crippen LogP contribution in [0.2, 0.25) is 5.02 Å². The van der Waals surface area contributed by atoms with E-state index in [1.54, 1.807) is 18.2 Å². The van der Waals surface area contributed by atoms with E-state index in [0.29, 0.717) is 10.9 Å². The van der Waals surface area contributed by atoms with Crippen molar-refractivity contribution in [2.45, 2.75) is 32.6 Å². The molecule has 0 aliphatic carbocycles. The van der Waals surface area contributed by atoms with Crippen LogP contribution in [0.15, 0.2) is 72.8 Å². The zero-order valence-corrected chi connectivity index (χ0v) is 18.6. The molecule has 0 radical (unpaired) electrons. The summed E-state index contributed by atoms with van der Waals surface area (Å²) >= 11 is 5.70. The van der Waals surface area contributed by atoms with Crippen molar-refractivity contribution in [1.82, 2.24) is 0 Å². The van der Waals surface area contributed by atoms with Crippen molar-refractivity contribution < 1.29 is 8.78 Å². The molecule has 0 nitrogen and oxygen atoms in total. The van der Waals surface area contributed by atoms with E-state index < -0.39 is 5.82 Å². The van der Waals surface area contributed by atoms with Gasteiger partial charge in [-0.1, -0.05) is 85.7 Å². The molecule has 0 atom stereocenters. The van der Waals surface area contributed by atoms with Crippen LogP contribution >= 0.6 is 11.6 Å². The smallest absolute Gasteiger partial charge is 0.146 e. The molecule has 4 aromatic rings. The summed E-state index contributed by atoms with van der Waals surface area (Å²) in [6.45, 7) is 2.21. The lowest BCUT2D eigenvalue weighted by Gasteiger charge is -2.08. The number of rotatable bonds is 5. The first kappa shape index (κ1) is 22.1. The third-order valence-electron chi connectivity index (χ3n) is 5.57. The largest absolute Gasteiger partial charge is 0.205 e. The summed E-state index contributed by atoms with van der Waals surface area (Å²) in [5.41, 5.74) is 4.22. The van der Waals surface area contributed by atoms with Crippen molar-refractivity contribution in [1.29, 1.82) is 0 Å². The van der Waals surface area contributed by atoms with Gasteiger partial charge in [0.15, 0.2) is 0 Å². The third-order valence-corrected chi connectivity index (χ3v) is 5.88. The Bertz CT molecular complexity index is 1310. The summed E-state index contributed by atoms with van der Waals surface area (Å²) in [5, 5.41) is 1.36. The second-order valence-corrected chi connectivity index (χ2v) is 8.30. The van der Waals surface area contributed by atoms with Crippen LogP contribution in [0.4, 0.5) is 8.78 Å². The highest BCUT2D eigenvalue weighted by Crippen LogP contribution is 2.28. The van der Waals surface area contributed by atoms with E-state index in [4.69, 9.17) is 11.6 Å². The van der Waals surface area contributed by atoms with Gasteiger partial charge in [-0.3, -0.25) is 0 Å². The topological polar surface area (TPSA) is 0 Å². The molecule has 0 aromatic heterocycles. The second-order valence-electron chi connectivity index (χ2n) is 7.90. The molecule has 3 heteroatoms. The van der Waals surface area contributed by atoms with Gasteiger partial charge in [-0.25, -0.2) is 8.78 Å². The Hall–Kier alpha value is -3.15. The lowest BCUT2D eigenvalue weighted by Crippen LogP contribution is -1.89. The summed E-state index contributed by atoms with van der Waals surface area (Å²) in [4.78, 5) is 0. The Labute approximate surface area is 192 Å². The van der Waals surface area contributed by atoms with Crippen LogP contribution in [0.3, 0.4) is 0 Å². The second kappa shape index (κ2) is 9.98. The van der Waals surface area contributed by atoms with Gasteiger partial charge in [0.05, 0.1) is 10.6 Å². The van der Waals surface area contributed by atoms with E-state index in [9.17, 15) is 4.39 Å². The Morgan fingerprint density at radius 2 is 1.56 bits per heavy atom. The monoisotopic (exact) mass is 444 g/mol. The van der Waals surface area contributed by atoms with Gasteiger partial charge in [0.25, 0.3) is 0 Å². The SMILES string of the molecule is CCCCCc1ccc(-c2ccc3c(F)c(C#Cc4ccc(Cl)c(F)c4)ccc3c2)cc1. The molecule has 0 N–H and O–H groups in total. The van der Waals surface area contributed by atoms with Crippen molar-refractivity contribution in [2.75, 3.05) is 0 Å². The molecule has 32 heavy (non-hydrogen) atoms. The first-order valence-electron chi connectivity index (χ1n) is 10.8. The standard InChI is InChI=1S/C29H23ClF2/c1-2-3-4-5-20-6-10-22(11-7-20)24-15-16-26-25(19-24)14-13-23(29(26)32)12-8-21-9-17-27(30)28(31)18-21/h6-7,9-11,13-19H,2-5H2,1H3. The van der Waals surface area contributed by atoms with Gasteiger partial charge in [-0.15, -0.1) is 0 Å². The van der Waals surface area contributed by atoms with Crippen molar-refractivity contribution in [3.05, 3.63) is 106 Å². The molecule has 160 valence electrons. The number of unbranched alkanes of at least 4 members (excludes halogenated alkanes) is 2. The Morgan fingerprint density at radius 3 is 2.31 bits per heavy atom. The molecule has 4 rings (SSSR count). The predicted molar refractivity (Wildman–Crippen MR) is 130 cm³/mol. The van der Waals surface area contributed by atoms with Gasteiger partial charge >= 0.3 is 0 Å². The molecule has 0 bridgehead atoms. The summed E-state index contributed by atoms with van der Waals surface area (Å²) < 4.78 is 28.6. The molecule has 0 heterocycles. The fraction of sp³-hybridized carbons (Fsp3) is 0.172. The molecular formula is C29H23ClF2. The van der Waals surface area contributed by atoms with Gasteiger partial charge in [-0.05, 0) is 65.3 Å². The van der Waals surface area contributed by atoms with Crippen molar-refractivity contribution in [3.63, 3.8) is 0 Å². The van der Waals surface area contributed by atoms with Crippen molar-refractivity contribution in [2.24, 2.45) is 0 Å². The van der Waals surface area contributed by atoms with E-state index in [0.717, 1.165) is 22.9 Å². The Morgan fingerprint density at radius 1 is 0.781 bits per heavy atom. The number of hydrogen-bond donors (Lipinski definition) is 0. The van der Waals surface area contributed by atoms with Gasteiger partial charge < -0.3 is 0 Å². The van der Waals surface area contributed by atoms with Gasteiger partial charge in [0.2, 0.25) is 0 Å². The summed E-state index contributed by atoms with van der Waals surface area (Å²) in [6, 6.07) is 22.2. The molecular weight excluding hydrogens is 422 g/mol. The number of benzene rings is 4. The fourth-order valence-corrected chi connectivity index (χ4v) is 3.84. The Kier molecular flexibility index (Phi) is 6.88. The highest BCUT2D eigenvalue weighted by molar-refractivity contribution is 6.30. The minimum Gasteiger partial charge on any atom is -0.205 e. The summed E-state index contributed by atoms with van der Waals surface area (Å²) in [6.07, 6.45) is 4.78. The van der Waals surface area contributed by atoms with Crippen LogP contribution in [0.1, 0.15) is 42.9 Å². The van der Waals surface area contributed by atoms with Crippen LogP contribution in [0.25, 0.3) is 21.9 Å². The van der Waals surface area contributed by atoms with E-state index >= 15 is 4.39 Å². The van der Waals surface area contributed by atoms with E-state index in [1.165, 1.54) is 37.0 Å². The van der Waals surface area contributed by atoms with E-state index in [-0.39, 0.29) is 16.4 Å². The lowest BCUT2D eigenvalue weighted by atomic mass is 9.98. The number of fused-ring (bicyclic) bond motifs is 1. The first-order chi connectivity index (χ1) is 15.5. The number of halogens is 3. The van der Waals surface area contributed by atoms with Gasteiger partial charge in [0, 0.05) is 10.9 Å². The summed E-state index contributed by atoms with van der Waals surface area (Å²) in [7, 11) is 0. The number of hydrogen-bond acceptors (Lipinski definition) is 0. The van der Waals surface area contributed by atoms with Crippen LogP contribution in [-0.2, 0) is 6.42 Å². The highest BCUT2D eigenvalue weighted by atomic mass is 35.5. The van der Waals surface area contributed by atoms with E-state index in [2.05, 4.69) is 43.0 Å². The zero-order valence-electron chi connectivity index (χ0n) is 17.9. The third kappa shape index (κ3) is 5.01. The molecule has 0 aliphatic rings. The Balaban J connectivity index is 1.58. The molecule has 0 unspecified atom stereocenters. The zero-order chi connectivity index (χ0) is 22.5. The van der Waals surface area contributed by atoms with Gasteiger partial charge in [0.1, 0.15) is 11.6 Å². The van der Waals surface area contributed by atoms with Crippen LogP contribution < -0.4 is 0 Å². The van der Waals surface area contributed by atoms with Crippen molar-refractivity contribution in [3.8, 4) is 23.0 Å². The van der Waals surface area contributed by atoms with Crippen molar-refractivity contribution >= 4 is 22.4 Å². The average Bonchev–Trinajstić information content (AvgIpc) is 2.81. The maximum absolute atomic E-state index is 15.1. The molecule has 0 spiro atoms. The molecule has 0 aliphatic heterocycles. The van der Waals surface area contributed by atoms with Gasteiger partial charge in [-0.2, -0.15) is 0 Å². The predicted octanol–water partition coefficient (Wildman–Crippen LogP) is 8.57. The molecule has 0 amide bonds. The first-order valence-corrected chi connectivity index (χ1v) is 11.2. The molecule has 4 aromatic carbocycles. The van der Waals surface area contributed by atoms with Crippen LogP contribution in [-0.4, -0.2) is 0 Å². The maximum Gasteiger partial charge on any atom is 0.146 e. The molecule has 0 saturated heterocycles. The minimum atomic E-state index is -0.543. The number of aryl methyl sites for hydroxylation is 1. The maximum atomic E-state index is 15.1. The highest BCUT2D eigenvalue weighted by Gasteiger charge is 2.08. The van der Waals surface area contributed by atoms with Crippen LogP contribution in [0.5, 0.6) is 0 Å². The summed E-state index contributed by atoms with van der Waals surface area (Å²) in [5.74, 6) is 4.70. The molecule has 0 saturated carbocycles. The minimum absolute atomic E-state index is 0.0365. The van der Waals surface area contributed by atoms with E-state index in [1.807, 2.05) is 18.2 Å². The van der Waals surface area contributed by atoms with Crippen LogP contribution in [0, 0.1) is 23.5 Å². The molecule has 0 fully saturated rings. The normalized spacial score (nSPS) is 10.8. The average molecular weight is 445 g/mol.